The van der Waals surface area contributed by atoms with Crippen molar-refractivity contribution in [2.75, 3.05) is 18.4 Å². The molecule has 2 rings (SSSR count). The molecule has 1 aromatic heterocycles. The van der Waals surface area contributed by atoms with E-state index in [2.05, 4.69) is 34.7 Å². The van der Waals surface area contributed by atoms with Crippen molar-refractivity contribution in [1.29, 1.82) is 0 Å². The van der Waals surface area contributed by atoms with Crippen LogP contribution in [-0.2, 0) is 4.79 Å². The van der Waals surface area contributed by atoms with Gasteiger partial charge in [0.15, 0.2) is 5.82 Å². The lowest BCUT2D eigenvalue weighted by Crippen LogP contribution is -2.15. The molecule has 1 amide bonds. The van der Waals surface area contributed by atoms with E-state index < -0.39 is 0 Å². The summed E-state index contributed by atoms with van der Waals surface area (Å²) in [6, 6.07) is 1.90. The molecule has 1 saturated heterocycles. The number of aromatic nitrogens is 2. The van der Waals surface area contributed by atoms with Crippen LogP contribution in [0.3, 0.4) is 0 Å². The maximum Gasteiger partial charge on any atom is 0.225 e. The number of hydrogen-bond donors (Lipinski definition) is 3. The number of carbonyl (C=O) groups is 1. The van der Waals surface area contributed by atoms with Crippen LogP contribution in [0.15, 0.2) is 6.07 Å². The first-order valence-corrected chi connectivity index (χ1v) is 6.71. The van der Waals surface area contributed by atoms with Crippen molar-refractivity contribution >= 4 is 11.7 Å². The SMILES string of the molecule is CC(C)c1cc(NC(=O)CCC2CCNC2)n[nH]1. The van der Waals surface area contributed by atoms with Gasteiger partial charge in [-0.2, -0.15) is 5.10 Å². The molecule has 1 unspecified atom stereocenters. The van der Waals surface area contributed by atoms with E-state index >= 15 is 0 Å². The van der Waals surface area contributed by atoms with Crippen molar-refractivity contribution < 1.29 is 4.79 Å². The summed E-state index contributed by atoms with van der Waals surface area (Å²) in [5, 5.41) is 13.2. The molecule has 0 aromatic carbocycles. The number of rotatable bonds is 5. The Balaban J connectivity index is 1.75. The Morgan fingerprint density at radius 2 is 2.44 bits per heavy atom. The van der Waals surface area contributed by atoms with Gasteiger partial charge in [-0.1, -0.05) is 13.8 Å². The van der Waals surface area contributed by atoms with E-state index in [1.54, 1.807) is 0 Å². The van der Waals surface area contributed by atoms with Crippen LogP contribution >= 0.6 is 0 Å². The molecule has 18 heavy (non-hydrogen) atoms. The Morgan fingerprint density at radius 1 is 1.61 bits per heavy atom. The van der Waals surface area contributed by atoms with Crippen molar-refractivity contribution in [3.8, 4) is 0 Å². The molecule has 3 N–H and O–H groups in total. The van der Waals surface area contributed by atoms with Gasteiger partial charge >= 0.3 is 0 Å². The minimum absolute atomic E-state index is 0.0590. The van der Waals surface area contributed by atoms with E-state index in [4.69, 9.17) is 0 Å². The molecule has 0 spiro atoms. The van der Waals surface area contributed by atoms with Gasteiger partial charge in [0.2, 0.25) is 5.91 Å². The number of hydrogen-bond acceptors (Lipinski definition) is 3. The second-order valence-corrected chi connectivity index (χ2v) is 5.31. The molecule has 0 saturated carbocycles. The van der Waals surface area contributed by atoms with Crippen molar-refractivity contribution in [3.63, 3.8) is 0 Å². The van der Waals surface area contributed by atoms with E-state index in [0.717, 1.165) is 25.2 Å². The van der Waals surface area contributed by atoms with E-state index in [0.29, 0.717) is 24.1 Å². The summed E-state index contributed by atoms with van der Waals surface area (Å²) in [5.41, 5.74) is 1.05. The number of H-pyrrole nitrogens is 1. The lowest BCUT2D eigenvalue weighted by molar-refractivity contribution is -0.116. The monoisotopic (exact) mass is 250 g/mol. The van der Waals surface area contributed by atoms with Crippen LogP contribution in [0, 0.1) is 5.92 Å². The maximum absolute atomic E-state index is 11.8. The van der Waals surface area contributed by atoms with Crippen LogP contribution in [0.25, 0.3) is 0 Å². The highest BCUT2D eigenvalue weighted by Gasteiger charge is 2.16. The van der Waals surface area contributed by atoms with E-state index in [9.17, 15) is 4.79 Å². The fourth-order valence-electron chi connectivity index (χ4n) is 2.20. The number of nitrogens with one attached hydrogen (secondary N) is 3. The molecular weight excluding hydrogens is 228 g/mol. The molecule has 1 aromatic rings. The summed E-state index contributed by atoms with van der Waals surface area (Å²) in [4.78, 5) is 11.8. The highest BCUT2D eigenvalue weighted by molar-refractivity contribution is 5.89. The van der Waals surface area contributed by atoms with Gasteiger partial charge in [-0.15, -0.1) is 0 Å². The number of amides is 1. The molecule has 1 aliphatic heterocycles. The summed E-state index contributed by atoms with van der Waals surface area (Å²) in [6.45, 7) is 6.31. The summed E-state index contributed by atoms with van der Waals surface area (Å²) in [6.07, 6.45) is 2.73. The summed E-state index contributed by atoms with van der Waals surface area (Å²) in [5.74, 6) is 1.74. The molecule has 100 valence electrons. The predicted octanol–water partition coefficient (Wildman–Crippen LogP) is 1.86. The molecule has 0 bridgehead atoms. The largest absolute Gasteiger partial charge is 0.316 e. The number of aromatic amines is 1. The van der Waals surface area contributed by atoms with Crippen LogP contribution in [0.5, 0.6) is 0 Å². The average molecular weight is 250 g/mol. The lowest BCUT2D eigenvalue weighted by atomic mass is 10.0. The number of carbonyl (C=O) groups excluding carboxylic acids is 1. The quantitative estimate of drug-likeness (QED) is 0.747. The van der Waals surface area contributed by atoms with Gasteiger partial charge in [0.05, 0.1) is 0 Å². The van der Waals surface area contributed by atoms with Crippen LogP contribution in [0.1, 0.15) is 44.7 Å². The van der Waals surface area contributed by atoms with Crippen molar-refractivity contribution in [2.45, 2.75) is 39.0 Å². The first kappa shape index (κ1) is 13.1. The summed E-state index contributed by atoms with van der Waals surface area (Å²) in [7, 11) is 0. The van der Waals surface area contributed by atoms with Gasteiger partial charge in [0.25, 0.3) is 0 Å². The van der Waals surface area contributed by atoms with E-state index in [1.165, 1.54) is 6.42 Å². The fraction of sp³-hybridized carbons (Fsp3) is 0.692. The second kappa shape index (κ2) is 6.00. The Morgan fingerprint density at radius 3 is 3.06 bits per heavy atom. The van der Waals surface area contributed by atoms with Gasteiger partial charge in [0.1, 0.15) is 0 Å². The third-order valence-corrected chi connectivity index (χ3v) is 3.43. The lowest BCUT2D eigenvalue weighted by Gasteiger charge is -2.07. The van der Waals surface area contributed by atoms with Gasteiger partial charge in [-0.3, -0.25) is 9.89 Å². The first-order valence-electron chi connectivity index (χ1n) is 6.71. The molecule has 0 aliphatic carbocycles. The first-order chi connectivity index (χ1) is 8.65. The van der Waals surface area contributed by atoms with Crippen LogP contribution < -0.4 is 10.6 Å². The molecule has 2 heterocycles. The Hall–Kier alpha value is -1.36. The van der Waals surface area contributed by atoms with Crippen molar-refractivity contribution in [1.82, 2.24) is 15.5 Å². The maximum atomic E-state index is 11.8. The van der Waals surface area contributed by atoms with Gasteiger partial charge in [-0.05, 0) is 37.8 Å². The molecule has 5 heteroatoms. The van der Waals surface area contributed by atoms with Gasteiger partial charge < -0.3 is 10.6 Å². The summed E-state index contributed by atoms with van der Waals surface area (Å²) < 4.78 is 0. The second-order valence-electron chi connectivity index (χ2n) is 5.31. The molecule has 1 atom stereocenters. The molecule has 0 radical (unpaired) electrons. The predicted molar refractivity (Wildman–Crippen MR) is 71.5 cm³/mol. The third kappa shape index (κ3) is 3.57. The average Bonchev–Trinajstić information content (AvgIpc) is 2.96. The zero-order chi connectivity index (χ0) is 13.0. The zero-order valence-electron chi connectivity index (χ0n) is 11.1. The Kier molecular flexibility index (Phi) is 4.36. The van der Waals surface area contributed by atoms with Crippen LogP contribution in [0.4, 0.5) is 5.82 Å². The molecular formula is C13H22N4O. The van der Waals surface area contributed by atoms with E-state index in [1.807, 2.05) is 6.07 Å². The molecule has 5 nitrogen and oxygen atoms in total. The summed E-state index contributed by atoms with van der Waals surface area (Å²) >= 11 is 0. The minimum atomic E-state index is 0.0590. The fourth-order valence-corrected chi connectivity index (χ4v) is 2.20. The number of anilines is 1. The van der Waals surface area contributed by atoms with E-state index in [-0.39, 0.29) is 5.91 Å². The topological polar surface area (TPSA) is 69.8 Å². The van der Waals surface area contributed by atoms with Gasteiger partial charge in [-0.25, -0.2) is 0 Å². The molecule has 1 fully saturated rings. The smallest absolute Gasteiger partial charge is 0.225 e. The van der Waals surface area contributed by atoms with Crippen LogP contribution in [0.2, 0.25) is 0 Å². The highest BCUT2D eigenvalue weighted by Crippen LogP contribution is 2.17. The minimum Gasteiger partial charge on any atom is -0.316 e. The molecule has 1 aliphatic rings. The normalized spacial score (nSPS) is 19.4. The van der Waals surface area contributed by atoms with Crippen LogP contribution in [-0.4, -0.2) is 29.2 Å². The standard InChI is InChI=1S/C13H22N4O/c1-9(2)11-7-12(17-16-11)15-13(18)4-3-10-5-6-14-8-10/h7,9-10,14H,3-6,8H2,1-2H3,(H2,15,16,17,18). The van der Waals surface area contributed by atoms with Gasteiger partial charge in [0, 0.05) is 18.2 Å². The van der Waals surface area contributed by atoms with Crippen molar-refractivity contribution in [3.05, 3.63) is 11.8 Å². The zero-order valence-corrected chi connectivity index (χ0v) is 11.1. The van der Waals surface area contributed by atoms with Crippen molar-refractivity contribution in [2.24, 2.45) is 5.92 Å². The Labute approximate surface area is 108 Å². The number of nitrogens with zero attached hydrogens (tertiary/aromatic N) is 1. The Bertz CT molecular complexity index is 393. The third-order valence-electron chi connectivity index (χ3n) is 3.43. The highest BCUT2D eigenvalue weighted by atomic mass is 16.1.